The van der Waals surface area contributed by atoms with Crippen molar-refractivity contribution in [3.05, 3.63) is 58.9 Å². The Hall–Kier alpha value is -2.47. The van der Waals surface area contributed by atoms with Crippen LogP contribution in [0.15, 0.2) is 41.8 Å². The molecule has 1 N–H and O–H groups in total. The Morgan fingerprint density at radius 3 is 2.79 bits per heavy atom. The fourth-order valence-corrected chi connectivity index (χ4v) is 3.31. The first-order valence-electron chi connectivity index (χ1n) is 7.98. The predicted molar refractivity (Wildman–Crippen MR) is 95.9 cm³/mol. The highest BCUT2D eigenvalue weighted by Crippen LogP contribution is 2.23. The van der Waals surface area contributed by atoms with Gasteiger partial charge >= 0.3 is 0 Å². The highest BCUT2D eigenvalue weighted by Gasteiger charge is 2.13. The van der Waals surface area contributed by atoms with Crippen LogP contribution >= 0.6 is 11.3 Å². The summed E-state index contributed by atoms with van der Waals surface area (Å²) in [6.45, 7) is 2.51. The lowest BCUT2D eigenvalue weighted by Crippen LogP contribution is -2.25. The van der Waals surface area contributed by atoms with Crippen molar-refractivity contribution in [2.24, 2.45) is 7.05 Å². The van der Waals surface area contributed by atoms with Gasteiger partial charge in [-0.25, -0.2) is 4.98 Å². The Labute approximate surface area is 145 Å². The lowest BCUT2D eigenvalue weighted by Gasteiger charge is -2.03. The molecule has 0 bridgehead atoms. The first-order chi connectivity index (χ1) is 11.7. The van der Waals surface area contributed by atoms with Crippen molar-refractivity contribution in [1.82, 2.24) is 20.1 Å². The summed E-state index contributed by atoms with van der Waals surface area (Å²) in [5.41, 5.74) is 3.49. The number of hydrogen-bond acceptors (Lipinski definition) is 4. The third kappa shape index (κ3) is 3.71. The van der Waals surface area contributed by atoms with E-state index >= 15 is 0 Å². The van der Waals surface area contributed by atoms with E-state index in [1.54, 1.807) is 23.1 Å². The number of rotatable bonds is 6. The molecule has 0 unspecified atom stereocenters. The van der Waals surface area contributed by atoms with Gasteiger partial charge in [0.25, 0.3) is 5.91 Å². The number of carbonyl (C=O) groups is 1. The molecule has 2 heterocycles. The van der Waals surface area contributed by atoms with Gasteiger partial charge in [0.15, 0.2) is 0 Å². The normalized spacial score (nSPS) is 10.8. The predicted octanol–water partition coefficient (Wildman–Crippen LogP) is 3.43. The molecular weight excluding hydrogens is 320 g/mol. The first-order valence-corrected chi connectivity index (χ1v) is 8.86. The largest absolute Gasteiger partial charge is 0.345 e. The summed E-state index contributed by atoms with van der Waals surface area (Å²) in [7, 11) is 1.80. The van der Waals surface area contributed by atoms with E-state index in [-0.39, 0.29) is 5.91 Å². The molecule has 0 spiro atoms. The second-order valence-corrected chi connectivity index (χ2v) is 6.45. The van der Waals surface area contributed by atoms with Gasteiger partial charge in [0, 0.05) is 18.0 Å². The summed E-state index contributed by atoms with van der Waals surface area (Å²) in [4.78, 5) is 16.9. The Morgan fingerprint density at radius 2 is 2.04 bits per heavy atom. The second-order valence-electron chi connectivity index (χ2n) is 5.59. The minimum Gasteiger partial charge on any atom is -0.345 e. The van der Waals surface area contributed by atoms with Crippen LogP contribution in [0.1, 0.15) is 35.2 Å². The number of carbonyl (C=O) groups excluding carboxylic acids is 1. The summed E-state index contributed by atoms with van der Waals surface area (Å²) in [5, 5.41) is 10.2. The lowest BCUT2D eigenvalue weighted by atomic mass is 10.2. The minimum atomic E-state index is -0.124. The van der Waals surface area contributed by atoms with Crippen LogP contribution in [0, 0.1) is 0 Å². The van der Waals surface area contributed by atoms with E-state index < -0.39 is 0 Å². The van der Waals surface area contributed by atoms with Gasteiger partial charge < -0.3 is 5.32 Å². The zero-order chi connectivity index (χ0) is 16.9. The van der Waals surface area contributed by atoms with Gasteiger partial charge in [0.1, 0.15) is 10.7 Å². The van der Waals surface area contributed by atoms with Gasteiger partial charge in [-0.15, -0.1) is 11.3 Å². The van der Waals surface area contributed by atoms with Crippen LogP contribution in [-0.2, 0) is 20.0 Å². The molecule has 1 amide bonds. The molecule has 6 heteroatoms. The molecule has 2 aromatic heterocycles. The highest BCUT2D eigenvalue weighted by molar-refractivity contribution is 7.13. The van der Waals surface area contributed by atoms with Gasteiger partial charge in [-0.2, -0.15) is 5.10 Å². The monoisotopic (exact) mass is 340 g/mol. The van der Waals surface area contributed by atoms with Crippen molar-refractivity contribution in [2.45, 2.75) is 26.3 Å². The van der Waals surface area contributed by atoms with Crippen molar-refractivity contribution in [1.29, 1.82) is 0 Å². The number of nitrogens with zero attached hydrogens (tertiary/aromatic N) is 3. The molecule has 0 aliphatic heterocycles. The van der Waals surface area contributed by atoms with Gasteiger partial charge in [0.2, 0.25) is 0 Å². The van der Waals surface area contributed by atoms with Crippen molar-refractivity contribution in [3.8, 4) is 10.6 Å². The Balaban J connectivity index is 1.64. The molecule has 0 saturated carbocycles. The molecule has 3 rings (SSSR count). The van der Waals surface area contributed by atoms with Crippen LogP contribution in [0.4, 0.5) is 0 Å². The summed E-state index contributed by atoms with van der Waals surface area (Å²) in [5.74, 6) is -0.124. The second kappa shape index (κ2) is 7.40. The number of hydrogen-bond donors (Lipinski definition) is 1. The van der Waals surface area contributed by atoms with Crippen LogP contribution in [0.3, 0.4) is 0 Å². The molecule has 0 aliphatic carbocycles. The van der Waals surface area contributed by atoms with Crippen molar-refractivity contribution in [3.63, 3.8) is 0 Å². The number of aromatic nitrogens is 3. The average molecular weight is 340 g/mol. The van der Waals surface area contributed by atoms with Crippen LogP contribution in [-0.4, -0.2) is 20.7 Å². The van der Waals surface area contributed by atoms with Crippen molar-refractivity contribution >= 4 is 17.2 Å². The van der Waals surface area contributed by atoms with Crippen LogP contribution in [0.25, 0.3) is 10.6 Å². The number of aryl methyl sites for hydroxylation is 2. The Bertz CT molecular complexity index is 823. The maximum Gasteiger partial charge on any atom is 0.269 e. The molecule has 1 aromatic carbocycles. The summed E-state index contributed by atoms with van der Waals surface area (Å²) >= 11 is 1.58. The van der Waals surface area contributed by atoms with E-state index in [1.807, 2.05) is 41.8 Å². The molecule has 0 radical (unpaired) electrons. The van der Waals surface area contributed by atoms with Gasteiger partial charge in [-0.3, -0.25) is 9.48 Å². The zero-order valence-electron chi connectivity index (χ0n) is 13.8. The maximum atomic E-state index is 12.3. The van der Waals surface area contributed by atoms with Crippen LogP contribution < -0.4 is 5.32 Å². The standard InChI is InChI=1S/C18H20N4OS/c1-3-7-14-10-16(22(2)21-14)17(23)19-11-15-12-24-18(20-15)13-8-5-4-6-9-13/h4-6,8-10,12H,3,7,11H2,1-2H3,(H,19,23). The van der Waals surface area contributed by atoms with Gasteiger partial charge in [0.05, 0.1) is 17.9 Å². The molecule has 0 atom stereocenters. The average Bonchev–Trinajstić information content (AvgIpc) is 3.21. The Kier molecular flexibility index (Phi) is 5.05. The number of thiazole rings is 1. The summed E-state index contributed by atoms with van der Waals surface area (Å²) in [6, 6.07) is 11.9. The zero-order valence-corrected chi connectivity index (χ0v) is 14.6. The molecular formula is C18H20N4OS. The lowest BCUT2D eigenvalue weighted by molar-refractivity contribution is 0.0941. The number of amides is 1. The topological polar surface area (TPSA) is 59.8 Å². The van der Waals surface area contributed by atoms with E-state index in [4.69, 9.17) is 0 Å². The third-order valence-corrected chi connectivity index (χ3v) is 4.61. The number of nitrogens with one attached hydrogen (secondary N) is 1. The van der Waals surface area contributed by atoms with E-state index in [0.717, 1.165) is 34.8 Å². The summed E-state index contributed by atoms with van der Waals surface area (Å²) < 4.78 is 1.64. The highest BCUT2D eigenvalue weighted by atomic mass is 32.1. The molecule has 3 aromatic rings. The van der Waals surface area contributed by atoms with E-state index in [9.17, 15) is 4.79 Å². The molecule has 24 heavy (non-hydrogen) atoms. The Morgan fingerprint density at radius 1 is 1.25 bits per heavy atom. The SMILES string of the molecule is CCCc1cc(C(=O)NCc2csc(-c3ccccc3)n2)n(C)n1. The van der Waals surface area contributed by atoms with Crippen molar-refractivity contribution in [2.75, 3.05) is 0 Å². The minimum absolute atomic E-state index is 0.124. The van der Waals surface area contributed by atoms with Crippen LogP contribution in [0.2, 0.25) is 0 Å². The molecule has 0 fully saturated rings. The maximum absolute atomic E-state index is 12.3. The van der Waals surface area contributed by atoms with E-state index in [2.05, 4.69) is 22.3 Å². The fourth-order valence-electron chi connectivity index (χ4n) is 2.48. The van der Waals surface area contributed by atoms with E-state index in [0.29, 0.717) is 12.2 Å². The first kappa shape index (κ1) is 16.4. The summed E-state index contributed by atoms with van der Waals surface area (Å²) in [6.07, 6.45) is 1.90. The molecule has 124 valence electrons. The van der Waals surface area contributed by atoms with E-state index in [1.165, 1.54) is 0 Å². The van der Waals surface area contributed by atoms with Crippen LogP contribution in [0.5, 0.6) is 0 Å². The third-order valence-electron chi connectivity index (χ3n) is 3.67. The van der Waals surface area contributed by atoms with Gasteiger partial charge in [-0.1, -0.05) is 43.7 Å². The smallest absolute Gasteiger partial charge is 0.269 e. The van der Waals surface area contributed by atoms with Crippen molar-refractivity contribution < 1.29 is 4.79 Å². The molecule has 5 nitrogen and oxygen atoms in total. The van der Waals surface area contributed by atoms with Gasteiger partial charge in [-0.05, 0) is 12.5 Å². The molecule has 0 saturated heterocycles. The molecule has 0 aliphatic rings. The number of benzene rings is 1. The fraction of sp³-hybridized carbons (Fsp3) is 0.278. The quantitative estimate of drug-likeness (QED) is 0.748.